The van der Waals surface area contributed by atoms with Gasteiger partial charge in [0.05, 0.1) is 6.61 Å². The molecular weight excluding hydrogens is 204 g/mol. The summed E-state index contributed by atoms with van der Waals surface area (Å²) < 4.78 is 5.52. The fourth-order valence-electron chi connectivity index (χ4n) is 2.11. The van der Waals surface area contributed by atoms with Gasteiger partial charge in [-0.05, 0) is 6.07 Å². The van der Waals surface area contributed by atoms with Crippen molar-refractivity contribution in [3.8, 4) is 5.75 Å². The molecular formula is C12H12N2O2. The average Bonchev–Trinajstić information content (AvgIpc) is 2.84. The maximum atomic E-state index is 10.7. The van der Waals surface area contributed by atoms with E-state index in [4.69, 9.17) is 4.74 Å². The number of fused-ring (bicyclic) bond motifs is 1. The first kappa shape index (κ1) is 9.42. The number of aliphatic hydroxyl groups is 1. The lowest BCUT2D eigenvalue weighted by molar-refractivity contribution is 0.0278. The minimum absolute atomic E-state index is 0.494. The Labute approximate surface area is 92.9 Å². The molecule has 2 heterocycles. The Morgan fingerprint density at radius 2 is 2.25 bits per heavy atom. The lowest BCUT2D eigenvalue weighted by Gasteiger charge is -2.32. The second-order valence-electron chi connectivity index (χ2n) is 3.89. The Hall–Kier alpha value is -1.81. The molecule has 0 bridgehead atoms. The number of benzene rings is 1. The quantitative estimate of drug-likeness (QED) is 0.758. The SMILES string of the molecule is OC1(c2ncc[nH]2)CCOc2ccccc21. The van der Waals surface area contributed by atoms with E-state index in [2.05, 4.69) is 9.97 Å². The van der Waals surface area contributed by atoms with E-state index in [1.54, 1.807) is 12.4 Å². The van der Waals surface area contributed by atoms with Crippen LogP contribution < -0.4 is 4.74 Å². The normalized spacial score (nSPS) is 23.6. The molecule has 2 N–H and O–H groups in total. The van der Waals surface area contributed by atoms with Crippen molar-refractivity contribution in [3.05, 3.63) is 48.0 Å². The number of aromatic amines is 1. The molecule has 0 spiro atoms. The van der Waals surface area contributed by atoms with Gasteiger partial charge in [-0.2, -0.15) is 0 Å². The smallest absolute Gasteiger partial charge is 0.154 e. The number of H-pyrrole nitrogens is 1. The summed E-state index contributed by atoms with van der Waals surface area (Å²) >= 11 is 0. The zero-order valence-corrected chi connectivity index (χ0v) is 8.68. The highest BCUT2D eigenvalue weighted by atomic mass is 16.5. The van der Waals surface area contributed by atoms with Crippen LogP contribution in [0.25, 0.3) is 0 Å². The minimum Gasteiger partial charge on any atom is -0.493 e. The van der Waals surface area contributed by atoms with E-state index < -0.39 is 5.60 Å². The summed E-state index contributed by atoms with van der Waals surface area (Å²) in [5, 5.41) is 10.7. The van der Waals surface area contributed by atoms with Crippen LogP contribution in [0.3, 0.4) is 0 Å². The van der Waals surface area contributed by atoms with Crippen LogP contribution in [-0.4, -0.2) is 21.7 Å². The highest BCUT2D eigenvalue weighted by Gasteiger charge is 2.39. The Kier molecular flexibility index (Phi) is 1.97. The Morgan fingerprint density at radius 1 is 1.38 bits per heavy atom. The fourth-order valence-corrected chi connectivity index (χ4v) is 2.11. The maximum Gasteiger partial charge on any atom is 0.154 e. The van der Waals surface area contributed by atoms with E-state index in [-0.39, 0.29) is 0 Å². The number of hydrogen-bond donors (Lipinski definition) is 2. The van der Waals surface area contributed by atoms with Gasteiger partial charge in [-0.1, -0.05) is 18.2 Å². The topological polar surface area (TPSA) is 58.1 Å². The highest BCUT2D eigenvalue weighted by molar-refractivity contribution is 5.43. The second-order valence-corrected chi connectivity index (χ2v) is 3.89. The molecule has 0 fully saturated rings. The number of nitrogens with one attached hydrogen (secondary N) is 1. The molecule has 3 rings (SSSR count). The summed E-state index contributed by atoms with van der Waals surface area (Å²) in [4.78, 5) is 7.12. The number of imidazole rings is 1. The van der Waals surface area contributed by atoms with Gasteiger partial charge in [-0.25, -0.2) is 4.98 Å². The van der Waals surface area contributed by atoms with Crippen LogP contribution in [0.5, 0.6) is 5.75 Å². The fraction of sp³-hybridized carbons (Fsp3) is 0.250. The average molecular weight is 216 g/mol. The van der Waals surface area contributed by atoms with E-state index in [1.807, 2.05) is 24.3 Å². The van der Waals surface area contributed by atoms with Gasteiger partial charge in [0.1, 0.15) is 11.6 Å². The van der Waals surface area contributed by atoms with Crippen molar-refractivity contribution in [1.82, 2.24) is 9.97 Å². The Balaban J connectivity index is 2.17. The summed E-state index contributed by atoms with van der Waals surface area (Å²) in [6.45, 7) is 0.494. The third-order valence-electron chi connectivity index (χ3n) is 2.94. The number of ether oxygens (including phenoxy) is 1. The number of nitrogens with zero attached hydrogens (tertiary/aromatic N) is 1. The van der Waals surface area contributed by atoms with Crippen LogP contribution >= 0.6 is 0 Å². The monoisotopic (exact) mass is 216 g/mol. The first-order chi connectivity index (χ1) is 7.81. The third-order valence-corrected chi connectivity index (χ3v) is 2.94. The predicted molar refractivity (Wildman–Crippen MR) is 58.1 cm³/mol. The molecule has 82 valence electrons. The highest BCUT2D eigenvalue weighted by Crippen LogP contribution is 2.39. The molecule has 2 aromatic rings. The standard InChI is InChI=1S/C12H12N2O2/c15-12(11-13-6-7-14-11)5-8-16-10-4-2-1-3-9(10)12/h1-4,6-7,15H,5,8H2,(H,13,14). The van der Waals surface area contributed by atoms with E-state index in [0.29, 0.717) is 18.9 Å². The molecule has 0 radical (unpaired) electrons. The van der Waals surface area contributed by atoms with E-state index in [9.17, 15) is 5.11 Å². The van der Waals surface area contributed by atoms with Crippen LogP contribution in [0, 0.1) is 0 Å². The van der Waals surface area contributed by atoms with Gasteiger partial charge >= 0.3 is 0 Å². The van der Waals surface area contributed by atoms with Crippen molar-refractivity contribution in [3.63, 3.8) is 0 Å². The summed E-state index contributed by atoms with van der Waals surface area (Å²) in [5.41, 5.74) is -0.283. The maximum absolute atomic E-state index is 10.7. The Bertz CT molecular complexity index is 495. The van der Waals surface area contributed by atoms with Crippen LogP contribution in [-0.2, 0) is 5.60 Å². The molecule has 0 saturated carbocycles. The lowest BCUT2D eigenvalue weighted by atomic mass is 9.87. The Morgan fingerprint density at radius 3 is 3.06 bits per heavy atom. The van der Waals surface area contributed by atoms with Crippen molar-refractivity contribution in [2.45, 2.75) is 12.0 Å². The van der Waals surface area contributed by atoms with Crippen LogP contribution in [0.15, 0.2) is 36.7 Å². The molecule has 16 heavy (non-hydrogen) atoms. The summed E-state index contributed by atoms with van der Waals surface area (Å²) in [5.74, 6) is 1.30. The number of rotatable bonds is 1. The summed E-state index contributed by atoms with van der Waals surface area (Å²) in [6, 6.07) is 7.52. The first-order valence-corrected chi connectivity index (χ1v) is 5.25. The largest absolute Gasteiger partial charge is 0.493 e. The molecule has 4 nitrogen and oxygen atoms in total. The predicted octanol–water partition coefficient (Wildman–Crippen LogP) is 1.43. The van der Waals surface area contributed by atoms with Crippen molar-refractivity contribution in [1.29, 1.82) is 0 Å². The lowest BCUT2D eigenvalue weighted by Crippen LogP contribution is -2.34. The van der Waals surface area contributed by atoms with E-state index in [0.717, 1.165) is 11.3 Å². The molecule has 1 unspecified atom stereocenters. The van der Waals surface area contributed by atoms with Gasteiger partial charge in [-0.3, -0.25) is 0 Å². The van der Waals surface area contributed by atoms with Gasteiger partial charge in [0.15, 0.2) is 5.60 Å². The number of para-hydroxylation sites is 1. The zero-order valence-electron chi connectivity index (χ0n) is 8.68. The molecule has 4 heteroatoms. The zero-order chi connectivity index (χ0) is 11.0. The third kappa shape index (κ3) is 1.23. The molecule has 1 atom stereocenters. The summed E-state index contributed by atoms with van der Waals surface area (Å²) in [6.07, 6.45) is 3.87. The van der Waals surface area contributed by atoms with Crippen molar-refractivity contribution in [2.24, 2.45) is 0 Å². The van der Waals surface area contributed by atoms with Crippen molar-refractivity contribution >= 4 is 0 Å². The van der Waals surface area contributed by atoms with Crippen LogP contribution in [0.1, 0.15) is 17.8 Å². The van der Waals surface area contributed by atoms with Crippen LogP contribution in [0.4, 0.5) is 0 Å². The molecule has 1 aliphatic rings. The van der Waals surface area contributed by atoms with Gasteiger partial charge < -0.3 is 14.8 Å². The number of hydrogen-bond acceptors (Lipinski definition) is 3. The van der Waals surface area contributed by atoms with Gasteiger partial charge in [0.25, 0.3) is 0 Å². The van der Waals surface area contributed by atoms with Crippen molar-refractivity contribution < 1.29 is 9.84 Å². The molecule has 1 aromatic carbocycles. The first-order valence-electron chi connectivity index (χ1n) is 5.25. The van der Waals surface area contributed by atoms with E-state index in [1.165, 1.54) is 0 Å². The molecule has 1 aliphatic heterocycles. The van der Waals surface area contributed by atoms with E-state index >= 15 is 0 Å². The number of aromatic nitrogens is 2. The second kappa shape index (κ2) is 3.35. The molecule has 0 amide bonds. The van der Waals surface area contributed by atoms with Gasteiger partial charge in [-0.15, -0.1) is 0 Å². The molecule has 0 saturated heterocycles. The van der Waals surface area contributed by atoms with Gasteiger partial charge in [0, 0.05) is 24.4 Å². The minimum atomic E-state index is -1.06. The molecule has 1 aromatic heterocycles. The van der Waals surface area contributed by atoms with Crippen molar-refractivity contribution in [2.75, 3.05) is 6.61 Å². The summed E-state index contributed by atoms with van der Waals surface area (Å²) in [7, 11) is 0. The molecule has 0 aliphatic carbocycles. The van der Waals surface area contributed by atoms with Gasteiger partial charge in [0.2, 0.25) is 0 Å². The van der Waals surface area contributed by atoms with Crippen LogP contribution in [0.2, 0.25) is 0 Å².